The number of anilines is 1. The maximum Gasteiger partial charge on any atom is 0.292 e. The third kappa shape index (κ3) is 3.02. The zero-order valence-electron chi connectivity index (χ0n) is 10.8. The predicted molar refractivity (Wildman–Crippen MR) is 71.2 cm³/mol. The molecular formula is C13H18N2O4. The van der Waals surface area contributed by atoms with Crippen molar-refractivity contribution in [1.29, 1.82) is 0 Å². The Morgan fingerprint density at radius 2 is 2.26 bits per heavy atom. The summed E-state index contributed by atoms with van der Waals surface area (Å²) >= 11 is 0. The summed E-state index contributed by atoms with van der Waals surface area (Å²) in [6, 6.07) is 4.74. The molecule has 2 N–H and O–H groups in total. The lowest BCUT2D eigenvalue weighted by atomic mass is 10.0. The van der Waals surface area contributed by atoms with Gasteiger partial charge in [-0.2, -0.15) is 0 Å². The van der Waals surface area contributed by atoms with Gasteiger partial charge in [0, 0.05) is 19.2 Å². The monoisotopic (exact) mass is 266 g/mol. The van der Waals surface area contributed by atoms with Crippen LogP contribution in [0.25, 0.3) is 0 Å². The molecule has 0 amide bonds. The van der Waals surface area contributed by atoms with Crippen LogP contribution in [0, 0.1) is 10.1 Å². The Hall–Kier alpha value is -1.66. The number of β-amino-alcohol motifs (C(OH)–C–C–N with tert-alkyl or cyclic N) is 1. The number of piperidine rings is 1. The fraction of sp³-hybridized carbons (Fsp3) is 0.538. The summed E-state index contributed by atoms with van der Waals surface area (Å²) in [5.74, 6) is 0. The molecular weight excluding hydrogens is 248 g/mol. The van der Waals surface area contributed by atoms with Gasteiger partial charge >= 0.3 is 0 Å². The van der Waals surface area contributed by atoms with E-state index < -0.39 is 17.1 Å². The molecule has 0 bridgehead atoms. The Morgan fingerprint density at radius 3 is 2.84 bits per heavy atom. The summed E-state index contributed by atoms with van der Waals surface area (Å²) in [6.45, 7) is 2.68. The van der Waals surface area contributed by atoms with E-state index in [1.807, 2.05) is 4.90 Å². The molecule has 6 heteroatoms. The van der Waals surface area contributed by atoms with E-state index >= 15 is 0 Å². The van der Waals surface area contributed by atoms with Gasteiger partial charge in [0.15, 0.2) is 0 Å². The third-order valence-electron chi connectivity index (χ3n) is 3.42. The van der Waals surface area contributed by atoms with Crippen molar-refractivity contribution >= 4 is 11.4 Å². The normalized spacial score (nSPS) is 21.2. The van der Waals surface area contributed by atoms with Gasteiger partial charge in [-0.1, -0.05) is 6.07 Å². The van der Waals surface area contributed by atoms with Crippen LogP contribution in [0.2, 0.25) is 0 Å². The summed E-state index contributed by atoms with van der Waals surface area (Å²) < 4.78 is 0. The standard InChI is InChI=1S/C13H18N2O4/c1-9(16)10-4-5-12(13(7-10)15(18)19)14-6-2-3-11(17)8-14/h4-5,7,9,11,16-17H,2-3,6,8H2,1H3/t9-,11?/m0/s1. The number of hydrogen-bond acceptors (Lipinski definition) is 5. The van der Waals surface area contributed by atoms with Gasteiger partial charge in [0.05, 0.1) is 17.1 Å². The quantitative estimate of drug-likeness (QED) is 0.641. The van der Waals surface area contributed by atoms with Gasteiger partial charge in [0.1, 0.15) is 5.69 Å². The van der Waals surface area contributed by atoms with Crippen LogP contribution in [-0.2, 0) is 0 Å². The van der Waals surface area contributed by atoms with Gasteiger partial charge < -0.3 is 15.1 Å². The van der Waals surface area contributed by atoms with E-state index in [9.17, 15) is 20.3 Å². The van der Waals surface area contributed by atoms with Gasteiger partial charge in [0.2, 0.25) is 0 Å². The average molecular weight is 266 g/mol. The minimum absolute atomic E-state index is 0.0208. The number of aliphatic hydroxyl groups is 2. The number of nitrogens with zero attached hydrogens (tertiary/aromatic N) is 2. The molecule has 6 nitrogen and oxygen atoms in total. The van der Waals surface area contributed by atoms with Crippen LogP contribution in [-0.4, -0.2) is 34.3 Å². The highest BCUT2D eigenvalue weighted by Gasteiger charge is 2.25. The second-order valence-electron chi connectivity index (χ2n) is 4.92. The van der Waals surface area contributed by atoms with Gasteiger partial charge in [-0.05, 0) is 31.4 Å². The van der Waals surface area contributed by atoms with Crippen molar-refractivity contribution in [2.45, 2.75) is 32.0 Å². The number of rotatable bonds is 3. The number of benzene rings is 1. The van der Waals surface area contributed by atoms with Gasteiger partial charge in [-0.3, -0.25) is 10.1 Å². The van der Waals surface area contributed by atoms with E-state index in [1.54, 1.807) is 19.1 Å². The molecule has 1 heterocycles. The van der Waals surface area contributed by atoms with Crippen LogP contribution in [0.15, 0.2) is 18.2 Å². The van der Waals surface area contributed by atoms with Gasteiger partial charge in [-0.25, -0.2) is 0 Å². The van der Waals surface area contributed by atoms with Crippen molar-refractivity contribution in [3.8, 4) is 0 Å². The number of hydrogen-bond donors (Lipinski definition) is 2. The smallest absolute Gasteiger partial charge is 0.292 e. The zero-order chi connectivity index (χ0) is 14.0. The Labute approximate surface area is 111 Å². The highest BCUT2D eigenvalue weighted by atomic mass is 16.6. The van der Waals surface area contributed by atoms with Gasteiger partial charge in [0.25, 0.3) is 5.69 Å². The summed E-state index contributed by atoms with van der Waals surface area (Å²) in [6.07, 6.45) is 0.372. The molecule has 1 aromatic rings. The second kappa shape index (κ2) is 5.54. The molecule has 2 rings (SSSR count). The molecule has 1 saturated heterocycles. The molecule has 1 aromatic carbocycles. The SMILES string of the molecule is C[C@H](O)c1ccc(N2CCCC(O)C2)c([N+](=O)[O-])c1. The first-order valence-corrected chi connectivity index (χ1v) is 6.38. The largest absolute Gasteiger partial charge is 0.391 e. The van der Waals surface area contributed by atoms with Crippen molar-refractivity contribution in [3.63, 3.8) is 0 Å². The fourth-order valence-electron chi connectivity index (χ4n) is 2.39. The van der Waals surface area contributed by atoms with Crippen molar-refractivity contribution in [2.24, 2.45) is 0 Å². The number of nitro groups is 1. The van der Waals surface area contributed by atoms with Gasteiger partial charge in [-0.15, -0.1) is 0 Å². The highest BCUT2D eigenvalue weighted by Crippen LogP contribution is 2.32. The van der Waals surface area contributed by atoms with Crippen molar-refractivity contribution in [2.75, 3.05) is 18.0 Å². The first kappa shape index (κ1) is 13.8. The Kier molecular flexibility index (Phi) is 4.01. The molecule has 0 aromatic heterocycles. The maximum atomic E-state index is 11.2. The molecule has 1 aliphatic rings. The van der Waals surface area contributed by atoms with E-state index in [-0.39, 0.29) is 5.69 Å². The molecule has 0 spiro atoms. The van der Waals surface area contributed by atoms with Crippen LogP contribution in [0.3, 0.4) is 0 Å². The maximum absolute atomic E-state index is 11.2. The van der Waals surface area contributed by atoms with E-state index in [2.05, 4.69) is 0 Å². The number of aliphatic hydroxyl groups excluding tert-OH is 2. The van der Waals surface area contributed by atoms with E-state index in [0.717, 1.165) is 12.8 Å². The molecule has 19 heavy (non-hydrogen) atoms. The summed E-state index contributed by atoms with van der Waals surface area (Å²) in [7, 11) is 0. The molecule has 0 radical (unpaired) electrons. The summed E-state index contributed by atoms with van der Waals surface area (Å²) in [4.78, 5) is 12.5. The summed E-state index contributed by atoms with van der Waals surface area (Å²) in [5, 5.41) is 30.3. The summed E-state index contributed by atoms with van der Waals surface area (Å²) in [5.41, 5.74) is 1.01. The van der Waals surface area contributed by atoms with Crippen LogP contribution >= 0.6 is 0 Å². The zero-order valence-corrected chi connectivity index (χ0v) is 10.8. The lowest BCUT2D eigenvalue weighted by molar-refractivity contribution is -0.384. The van der Waals surface area contributed by atoms with E-state index in [4.69, 9.17) is 0 Å². The highest BCUT2D eigenvalue weighted by molar-refractivity contribution is 5.64. The minimum atomic E-state index is -0.736. The average Bonchev–Trinajstić information content (AvgIpc) is 2.37. The Bertz CT molecular complexity index is 476. The van der Waals surface area contributed by atoms with Crippen LogP contribution in [0.1, 0.15) is 31.4 Å². The first-order chi connectivity index (χ1) is 8.99. The molecule has 1 unspecified atom stereocenters. The number of nitro benzene ring substituents is 1. The van der Waals surface area contributed by atoms with Crippen LogP contribution in [0.5, 0.6) is 0 Å². The molecule has 1 fully saturated rings. The second-order valence-corrected chi connectivity index (χ2v) is 4.92. The molecule has 2 atom stereocenters. The third-order valence-corrected chi connectivity index (χ3v) is 3.42. The molecule has 0 aliphatic carbocycles. The lowest BCUT2D eigenvalue weighted by Crippen LogP contribution is -2.38. The molecule has 0 saturated carbocycles. The van der Waals surface area contributed by atoms with E-state index in [1.165, 1.54) is 6.07 Å². The van der Waals surface area contributed by atoms with Crippen molar-refractivity contribution in [3.05, 3.63) is 33.9 Å². The Balaban J connectivity index is 2.36. The predicted octanol–water partition coefficient (Wildman–Crippen LogP) is 1.61. The molecule has 1 aliphatic heterocycles. The lowest BCUT2D eigenvalue weighted by Gasteiger charge is -2.31. The van der Waals surface area contributed by atoms with Crippen LogP contribution < -0.4 is 4.90 Å². The van der Waals surface area contributed by atoms with Crippen molar-refractivity contribution in [1.82, 2.24) is 0 Å². The minimum Gasteiger partial charge on any atom is -0.391 e. The Morgan fingerprint density at radius 1 is 1.53 bits per heavy atom. The van der Waals surface area contributed by atoms with Crippen LogP contribution in [0.4, 0.5) is 11.4 Å². The first-order valence-electron chi connectivity index (χ1n) is 6.38. The molecule has 104 valence electrons. The topological polar surface area (TPSA) is 86.8 Å². The van der Waals surface area contributed by atoms with Crippen molar-refractivity contribution < 1.29 is 15.1 Å². The fourth-order valence-corrected chi connectivity index (χ4v) is 2.39. The van der Waals surface area contributed by atoms with E-state index in [0.29, 0.717) is 24.3 Å².